The van der Waals surface area contributed by atoms with E-state index in [1.54, 1.807) is 19.6 Å². The van der Waals surface area contributed by atoms with Crippen molar-refractivity contribution in [2.24, 2.45) is 5.92 Å². The smallest absolute Gasteiger partial charge is 0.279 e. The van der Waals surface area contributed by atoms with Gasteiger partial charge in [-0.3, -0.25) is 5.41 Å². The van der Waals surface area contributed by atoms with Crippen molar-refractivity contribution in [1.29, 1.82) is 5.41 Å². The first-order valence-electron chi connectivity index (χ1n) is 9.64. The highest BCUT2D eigenvalue weighted by molar-refractivity contribution is 7.88. The molecule has 31 heavy (non-hydrogen) atoms. The topological polar surface area (TPSA) is 126 Å². The van der Waals surface area contributed by atoms with Gasteiger partial charge in [0.1, 0.15) is 24.2 Å². The lowest BCUT2D eigenvalue weighted by Gasteiger charge is -2.38. The number of H-pyrrole nitrogens is 1. The van der Waals surface area contributed by atoms with Crippen LogP contribution in [0.25, 0.3) is 17.5 Å². The number of halogens is 2. The normalized spacial score (nSPS) is 20.5. The van der Waals surface area contributed by atoms with Crippen LogP contribution in [-0.4, -0.2) is 75.7 Å². The number of allylic oxidation sites excluding steroid dienone is 1. The van der Waals surface area contributed by atoms with Crippen LogP contribution in [0.3, 0.4) is 0 Å². The molecule has 0 bridgehead atoms. The standard InChI is InChI=1S/C19H25F2N7O2S/c1-30-16-5-6-28(10-12(16)8-26-31(2)29)18-7-14(24-11-25-18)15-9-23-17(27-15)4-3-13(22)19(20)21/h3-4,7,9,11-12,16,19,22,26H,5-6,8,10H2,1-2H3,(H,23,27)/b4-3-,22-13?. The van der Waals surface area contributed by atoms with E-state index in [4.69, 9.17) is 10.1 Å². The van der Waals surface area contributed by atoms with Gasteiger partial charge in [0.2, 0.25) is 0 Å². The maximum absolute atomic E-state index is 12.4. The third-order valence-corrected chi connectivity index (χ3v) is 5.59. The van der Waals surface area contributed by atoms with Crippen molar-refractivity contribution in [1.82, 2.24) is 24.7 Å². The van der Waals surface area contributed by atoms with Gasteiger partial charge in [-0.25, -0.2) is 23.7 Å². The molecular formula is C19H25F2N7O2S. The molecule has 12 heteroatoms. The summed E-state index contributed by atoms with van der Waals surface area (Å²) in [7, 11) is 1.69. The number of aromatic nitrogens is 4. The van der Waals surface area contributed by atoms with Gasteiger partial charge in [-0.15, -0.1) is 4.72 Å². The van der Waals surface area contributed by atoms with Gasteiger partial charge in [0.05, 0.1) is 29.4 Å². The van der Waals surface area contributed by atoms with Crippen molar-refractivity contribution in [2.75, 3.05) is 37.9 Å². The lowest BCUT2D eigenvalue weighted by molar-refractivity contribution is 0.0394. The van der Waals surface area contributed by atoms with Crippen LogP contribution in [0.2, 0.25) is 0 Å². The SMILES string of the molecule is COC1CCN(c2cc(-c3cnc(/C=C\C(=N)C(F)F)[nH]3)ncn2)CC1CN[S+](C)[O-]. The van der Waals surface area contributed by atoms with Crippen LogP contribution in [0.4, 0.5) is 14.6 Å². The minimum absolute atomic E-state index is 0.0718. The molecule has 0 radical (unpaired) electrons. The minimum Gasteiger partial charge on any atom is -0.598 e. The number of aromatic amines is 1. The Labute approximate surface area is 182 Å². The first kappa shape index (κ1) is 23.3. The summed E-state index contributed by atoms with van der Waals surface area (Å²) < 4.78 is 44.8. The summed E-state index contributed by atoms with van der Waals surface area (Å²) in [5.41, 5.74) is 0.440. The Kier molecular flexibility index (Phi) is 8.07. The fourth-order valence-corrected chi connectivity index (χ4v) is 3.86. The van der Waals surface area contributed by atoms with Crippen molar-refractivity contribution >= 4 is 29.0 Å². The molecule has 3 heterocycles. The molecule has 0 spiro atoms. The third-order valence-electron chi connectivity index (χ3n) is 5.02. The second-order valence-corrected chi connectivity index (χ2v) is 8.30. The number of ether oxygens (including phenoxy) is 1. The Morgan fingerprint density at radius 2 is 2.29 bits per heavy atom. The number of piperidine rings is 1. The number of imidazole rings is 1. The summed E-state index contributed by atoms with van der Waals surface area (Å²) >= 11 is -1.09. The van der Waals surface area contributed by atoms with Gasteiger partial charge >= 0.3 is 0 Å². The summed E-state index contributed by atoms with van der Waals surface area (Å²) in [5.74, 6) is 1.24. The first-order valence-corrected chi connectivity index (χ1v) is 11.2. The number of nitrogens with one attached hydrogen (secondary N) is 3. The van der Waals surface area contributed by atoms with Gasteiger partial charge < -0.3 is 19.2 Å². The maximum atomic E-state index is 12.4. The predicted octanol–water partition coefficient (Wildman–Crippen LogP) is 1.89. The number of hydrogen-bond donors (Lipinski definition) is 3. The summed E-state index contributed by atoms with van der Waals surface area (Å²) in [5, 5.41) is 7.17. The minimum atomic E-state index is -2.83. The number of rotatable bonds is 9. The van der Waals surface area contributed by atoms with Crippen LogP contribution in [-0.2, 0) is 16.1 Å². The van der Waals surface area contributed by atoms with Crippen LogP contribution in [0.1, 0.15) is 12.2 Å². The summed E-state index contributed by atoms with van der Waals surface area (Å²) in [4.78, 5) is 17.9. The number of methoxy groups -OCH3 is 1. The van der Waals surface area contributed by atoms with E-state index in [1.165, 1.54) is 12.4 Å². The molecule has 0 saturated carbocycles. The highest BCUT2D eigenvalue weighted by atomic mass is 32.2. The zero-order valence-electron chi connectivity index (χ0n) is 17.2. The summed E-state index contributed by atoms with van der Waals surface area (Å²) in [6.45, 7) is 2.01. The third kappa shape index (κ3) is 6.29. The van der Waals surface area contributed by atoms with Gasteiger partial charge in [0.25, 0.3) is 6.43 Å². The molecule has 3 unspecified atom stereocenters. The monoisotopic (exact) mass is 453 g/mol. The molecule has 3 atom stereocenters. The number of alkyl halides is 2. The largest absolute Gasteiger partial charge is 0.598 e. The molecule has 9 nitrogen and oxygen atoms in total. The maximum Gasteiger partial charge on any atom is 0.279 e. The van der Waals surface area contributed by atoms with Gasteiger partial charge in [0.15, 0.2) is 0 Å². The van der Waals surface area contributed by atoms with E-state index in [1.807, 2.05) is 6.07 Å². The van der Waals surface area contributed by atoms with E-state index in [9.17, 15) is 13.3 Å². The molecule has 3 rings (SSSR count). The van der Waals surface area contributed by atoms with Gasteiger partial charge in [-0.2, -0.15) is 0 Å². The first-order chi connectivity index (χ1) is 14.9. The highest BCUT2D eigenvalue weighted by Gasteiger charge is 2.30. The second-order valence-electron chi connectivity index (χ2n) is 7.10. The molecule has 1 saturated heterocycles. The van der Waals surface area contributed by atoms with Crippen LogP contribution in [0.15, 0.2) is 24.7 Å². The molecular weight excluding hydrogens is 428 g/mol. The lowest BCUT2D eigenvalue weighted by atomic mass is 9.94. The van der Waals surface area contributed by atoms with E-state index in [2.05, 4.69) is 29.6 Å². The van der Waals surface area contributed by atoms with Crippen molar-refractivity contribution in [2.45, 2.75) is 19.0 Å². The van der Waals surface area contributed by atoms with E-state index >= 15 is 0 Å². The molecule has 2 aromatic rings. The Morgan fingerprint density at radius 1 is 1.48 bits per heavy atom. The fraction of sp³-hybridized carbons (Fsp3) is 0.474. The van der Waals surface area contributed by atoms with Crippen molar-refractivity contribution in [3.63, 3.8) is 0 Å². The Morgan fingerprint density at radius 3 is 3.00 bits per heavy atom. The van der Waals surface area contributed by atoms with E-state index < -0.39 is 23.5 Å². The molecule has 168 valence electrons. The van der Waals surface area contributed by atoms with E-state index in [0.717, 1.165) is 24.9 Å². The zero-order valence-corrected chi connectivity index (χ0v) is 18.0. The predicted molar refractivity (Wildman–Crippen MR) is 116 cm³/mol. The molecule has 0 amide bonds. The van der Waals surface area contributed by atoms with Crippen LogP contribution in [0.5, 0.6) is 0 Å². The van der Waals surface area contributed by atoms with E-state index in [0.29, 0.717) is 30.3 Å². The van der Waals surface area contributed by atoms with Gasteiger partial charge in [0, 0.05) is 50.1 Å². The molecule has 1 fully saturated rings. The average Bonchev–Trinajstić information content (AvgIpc) is 3.25. The highest BCUT2D eigenvalue weighted by Crippen LogP contribution is 2.26. The average molecular weight is 454 g/mol. The lowest BCUT2D eigenvalue weighted by Crippen LogP contribution is -2.48. The fourth-order valence-electron chi connectivity index (χ4n) is 3.41. The van der Waals surface area contributed by atoms with E-state index in [-0.39, 0.29) is 12.0 Å². The van der Waals surface area contributed by atoms with Gasteiger partial charge in [-0.1, -0.05) is 0 Å². The molecule has 2 aromatic heterocycles. The van der Waals surface area contributed by atoms with Crippen molar-refractivity contribution < 1.29 is 18.1 Å². The zero-order chi connectivity index (χ0) is 22.4. The number of hydrogen-bond acceptors (Lipinski definition) is 8. The Bertz CT molecular complexity index is 909. The molecule has 1 aliphatic rings. The van der Waals surface area contributed by atoms with Gasteiger partial charge in [-0.05, 0) is 18.6 Å². The molecule has 3 N–H and O–H groups in total. The van der Waals surface area contributed by atoms with Crippen LogP contribution < -0.4 is 9.62 Å². The Balaban J connectivity index is 1.72. The molecule has 0 aromatic carbocycles. The summed E-state index contributed by atoms with van der Waals surface area (Å²) in [6, 6.07) is 1.83. The molecule has 0 aliphatic carbocycles. The van der Waals surface area contributed by atoms with Crippen LogP contribution >= 0.6 is 0 Å². The number of nitrogens with zero attached hydrogens (tertiary/aromatic N) is 4. The van der Waals surface area contributed by atoms with Crippen molar-refractivity contribution in [3.8, 4) is 11.4 Å². The Hall–Kier alpha value is -2.41. The van der Waals surface area contributed by atoms with Crippen LogP contribution in [0, 0.1) is 11.3 Å². The summed E-state index contributed by atoms with van der Waals surface area (Å²) in [6.07, 6.45) is 5.01. The molecule has 1 aliphatic heterocycles. The van der Waals surface area contributed by atoms with Crippen molar-refractivity contribution in [3.05, 3.63) is 30.5 Å². The second kappa shape index (κ2) is 10.8. The number of anilines is 1. The quantitative estimate of drug-likeness (QED) is 0.391.